The second-order valence-electron chi connectivity index (χ2n) is 4.90. The maximum atomic E-state index is 12.9. The molecule has 0 fully saturated rings. The van der Waals surface area contributed by atoms with Crippen LogP contribution in [-0.4, -0.2) is 14.1 Å². The molecule has 0 spiro atoms. The number of rotatable bonds is 3. The highest BCUT2D eigenvalue weighted by Gasteiger charge is 2.12. The lowest BCUT2D eigenvalue weighted by molar-refractivity contribution is 0.483. The normalized spacial score (nSPS) is 11.1. The van der Waals surface area contributed by atoms with Crippen LogP contribution in [0.4, 0.5) is 4.39 Å². The lowest BCUT2D eigenvalue weighted by atomic mass is 10.2. The molecule has 0 amide bonds. The van der Waals surface area contributed by atoms with Crippen LogP contribution in [0.5, 0.6) is 0 Å². The number of hydrogen-bond acceptors (Lipinski definition) is 3. The summed E-state index contributed by atoms with van der Waals surface area (Å²) < 4.78 is 15.4. The standard InChI is InChI=1S/C14H16FN3O2/c1-9(2)18-13(19)16-10(3)17(14(18)20)8-11-4-6-12(15)7-5-11/h4-7,9H,8H2,1-3H3. The number of aromatic nitrogens is 3. The van der Waals surface area contributed by atoms with Crippen LogP contribution in [0.1, 0.15) is 31.3 Å². The first-order valence-electron chi connectivity index (χ1n) is 6.34. The van der Waals surface area contributed by atoms with Crippen molar-refractivity contribution < 1.29 is 4.39 Å². The highest BCUT2D eigenvalue weighted by molar-refractivity contribution is 5.16. The summed E-state index contributed by atoms with van der Waals surface area (Å²) in [6.07, 6.45) is 0. The number of aryl methyl sites for hydroxylation is 1. The van der Waals surface area contributed by atoms with Gasteiger partial charge in [0.1, 0.15) is 11.6 Å². The average Bonchev–Trinajstić information content (AvgIpc) is 2.36. The van der Waals surface area contributed by atoms with Crippen molar-refractivity contribution in [1.29, 1.82) is 0 Å². The van der Waals surface area contributed by atoms with Crippen LogP contribution in [-0.2, 0) is 6.54 Å². The molecule has 0 saturated carbocycles. The third-order valence-corrected chi connectivity index (χ3v) is 3.06. The molecule has 0 radical (unpaired) electrons. The second-order valence-corrected chi connectivity index (χ2v) is 4.90. The topological polar surface area (TPSA) is 56.9 Å². The molecule has 0 unspecified atom stereocenters. The molecule has 1 heterocycles. The molecular formula is C14H16FN3O2. The maximum absolute atomic E-state index is 12.9. The molecule has 0 atom stereocenters. The summed E-state index contributed by atoms with van der Waals surface area (Å²) in [5, 5.41) is 0. The van der Waals surface area contributed by atoms with Crippen LogP contribution in [0, 0.1) is 12.7 Å². The van der Waals surface area contributed by atoms with Gasteiger partial charge in [-0.3, -0.25) is 4.57 Å². The summed E-state index contributed by atoms with van der Waals surface area (Å²) in [6.45, 7) is 5.37. The summed E-state index contributed by atoms with van der Waals surface area (Å²) in [6, 6.07) is 5.61. The van der Waals surface area contributed by atoms with Gasteiger partial charge in [-0.1, -0.05) is 12.1 Å². The minimum absolute atomic E-state index is 0.255. The minimum atomic E-state index is -0.544. The van der Waals surface area contributed by atoms with Gasteiger partial charge in [-0.05, 0) is 38.5 Å². The van der Waals surface area contributed by atoms with Gasteiger partial charge in [-0.15, -0.1) is 0 Å². The van der Waals surface area contributed by atoms with E-state index in [9.17, 15) is 14.0 Å². The van der Waals surface area contributed by atoms with Crippen LogP contribution in [0.15, 0.2) is 33.9 Å². The lowest BCUT2D eigenvalue weighted by Crippen LogP contribution is -2.43. The molecule has 1 aromatic heterocycles. The van der Waals surface area contributed by atoms with Gasteiger partial charge >= 0.3 is 11.4 Å². The van der Waals surface area contributed by atoms with E-state index in [-0.39, 0.29) is 18.4 Å². The fourth-order valence-corrected chi connectivity index (χ4v) is 2.00. The molecule has 0 saturated heterocycles. The first kappa shape index (κ1) is 14.2. The van der Waals surface area contributed by atoms with Gasteiger partial charge in [0.2, 0.25) is 0 Å². The summed E-state index contributed by atoms with van der Waals surface area (Å²) >= 11 is 0. The lowest BCUT2D eigenvalue weighted by Gasteiger charge is -2.14. The zero-order valence-corrected chi connectivity index (χ0v) is 11.6. The fourth-order valence-electron chi connectivity index (χ4n) is 2.00. The molecular weight excluding hydrogens is 261 g/mol. The molecule has 0 N–H and O–H groups in total. The van der Waals surface area contributed by atoms with E-state index in [0.717, 1.165) is 10.1 Å². The second kappa shape index (κ2) is 5.40. The molecule has 6 heteroatoms. The zero-order chi connectivity index (χ0) is 14.9. The Morgan fingerprint density at radius 1 is 1.20 bits per heavy atom. The van der Waals surface area contributed by atoms with E-state index in [1.165, 1.54) is 16.7 Å². The van der Waals surface area contributed by atoms with E-state index < -0.39 is 11.4 Å². The Morgan fingerprint density at radius 3 is 2.35 bits per heavy atom. The summed E-state index contributed by atoms with van der Waals surface area (Å²) in [7, 11) is 0. The molecule has 0 aliphatic heterocycles. The van der Waals surface area contributed by atoms with Gasteiger partial charge in [0.25, 0.3) is 0 Å². The van der Waals surface area contributed by atoms with E-state index in [2.05, 4.69) is 4.98 Å². The molecule has 5 nitrogen and oxygen atoms in total. The van der Waals surface area contributed by atoms with Gasteiger partial charge in [0, 0.05) is 6.04 Å². The van der Waals surface area contributed by atoms with Crippen molar-refractivity contribution in [3.63, 3.8) is 0 Å². The van der Waals surface area contributed by atoms with Gasteiger partial charge < -0.3 is 0 Å². The van der Waals surface area contributed by atoms with Gasteiger partial charge in [0.15, 0.2) is 0 Å². The number of hydrogen-bond donors (Lipinski definition) is 0. The van der Waals surface area contributed by atoms with E-state index >= 15 is 0 Å². The summed E-state index contributed by atoms with van der Waals surface area (Å²) in [5.41, 5.74) is -0.174. The first-order chi connectivity index (χ1) is 9.40. The van der Waals surface area contributed by atoms with Crippen molar-refractivity contribution in [3.05, 3.63) is 62.4 Å². The first-order valence-corrected chi connectivity index (χ1v) is 6.34. The number of nitrogens with zero attached hydrogens (tertiary/aromatic N) is 3. The molecule has 0 aliphatic rings. The molecule has 1 aromatic carbocycles. The molecule has 0 bridgehead atoms. The monoisotopic (exact) mass is 277 g/mol. The van der Waals surface area contributed by atoms with E-state index in [1.54, 1.807) is 32.9 Å². The van der Waals surface area contributed by atoms with Crippen molar-refractivity contribution in [2.75, 3.05) is 0 Å². The Kier molecular flexibility index (Phi) is 3.83. The zero-order valence-electron chi connectivity index (χ0n) is 11.6. The third-order valence-electron chi connectivity index (χ3n) is 3.06. The minimum Gasteiger partial charge on any atom is -0.277 e. The predicted octanol–water partition coefficient (Wildman–Crippen LogP) is 1.48. The van der Waals surface area contributed by atoms with Gasteiger partial charge in [0.05, 0.1) is 6.54 Å². The van der Waals surface area contributed by atoms with Crippen molar-refractivity contribution in [2.45, 2.75) is 33.4 Å². The fraction of sp³-hybridized carbons (Fsp3) is 0.357. The Morgan fingerprint density at radius 2 is 1.80 bits per heavy atom. The van der Waals surface area contributed by atoms with Crippen LogP contribution < -0.4 is 11.4 Å². The molecule has 0 aliphatic carbocycles. The SMILES string of the molecule is Cc1nc(=O)n(C(C)C)c(=O)n1Cc1ccc(F)cc1. The third kappa shape index (κ3) is 2.68. The Balaban J connectivity index is 2.52. The maximum Gasteiger partial charge on any atom is 0.353 e. The van der Waals surface area contributed by atoms with Crippen molar-refractivity contribution in [1.82, 2.24) is 14.1 Å². The Labute approximate surface area is 115 Å². The van der Waals surface area contributed by atoms with Gasteiger partial charge in [-0.25, -0.2) is 18.5 Å². The molecule has 2 rings (SSSR count). The molecule has 106 valence electrons. The molecule has 2 aromatic rings. The number of halogens is 1. The van der Waals surface area contributed by atoms with Crippen molar-refractivity contribution in [2.24, 2.45) is 0 Å². The summed E-state index contributed by atoms with van der Waals surface area (Å²) in [5.74, 6) is 0.0179. The van der Waals surface area contributed by atoms with Crippen LogP contribution in [0.2, 0.25) is 0 Å². The quantitative estimate of drug-likeness (QED) is 0.854. The molecule has 20 heavy (non-hydrogen) atoms. The Hall–Kier alpha value is -2.24. The predicted molar refractivity (Wildman–Crippen MR) is 73.4 cm³/mol. The largest absolute Gasteiger partial charge is 0.353 e. The Bertz CT molecular complexity index is 730. The van der Waals surface area contributed by atoms with Gasteiger partial charge in [-0.2, -0.15) is 4.98 Å². The van der Waals surface area contributed by atoms with E-state index in [4.69, 9.17) is 0 Å². The van der Waals surface area contributed by atoms with Crippen LogP contribution >= 0.6 is 0 Å². The summed E-state index contributed by atoms with van der Waals surface area (Å²) in [4.78, 5) is 27.9. The number of benzene rings is 1. The van der Waals surface area contributed by atoms with Crippen LogP contribution in [0.3, 0.4) is 0 Å². The van der Waals surface area contributed by atoms with Crippen molar-refractivity contribution in [3.8, 4) is 0 Å². The van der Waals surface area contributed by atoms with E-state index in [1.807, 2.05) is 0 Å². The highest BCUT2D eigenvalue weighted by atomic mass is 19.1. The van der Waals surface area contributed by atoms with Crippen molar-refractivity contribution >= 4 is 0 Å². The highest BCUT2D eigenvalue weighted by Crippen LogP contribution is 2.05. The smallest absolute Gasteiger partial charge is 0.277 e. The average molecular weight is 277 g/mol. The van der Waals surface area contributed by atoms with E-state index in [0.29, 0.717) is 5.82 Å². The van der Waals surface area contributed by atoms with Crippen LogP contribution in [0.25, 0.3) is 0 Å².